The van der Waals surface area contributed by atoms with Gasteiger partial charge in [0.1, 0.15) is 5.75 Å². The van der Waals surface area contributed by atoms with Crippen molar-refractivity contribution in [3.8, 4) is 5.75 Å². The molecule has 1 saturated heterocycles. The molecule has 1 atom stereocenters. The van der Waals surface area contributed by atoms with Gasteiger partial charge in [0, 0.05) is 38.2 Å². The van der Waals surface area contributed by atoms with E-state index in [-0.39, 0.29) is 24.4 Å². The number of nitrogens with one attached hydrogen (secondary N) is 1. The van der Waals surface area contributed by atoms with E-state index in [4.69, 9.17) is 9.47 Å². The molecule has 6 nitrogen and oxygen atoms in total. The number of ketones is 1. The number of hydrogen-bond donors (Lipinski definition) is 1. The number of benzene rings is 2. The standard InChI is InChI=1S/C23H28N2O4/c1-2-22(26)19-8-10-20(11-9-19)29-17-23(27)24-14-21-16-25(12-13-28-21)15-18-6-4-3-5-7-18/h3-11,21H,2,12-17H2,1H3,(H,24,27)/t21-/m1/s1. The molecule has 0 unspecified atom stereocenters. The number of amides is 1. The average molecular weight is 396 g/mol. The van der Waals surface area contributed by atoms with Crippen LogP contribution in [0.2, 0.25) is 0 Å². The molecular formula is C23H28N2O4. The van der Waals surface area contributed by atoms with Crippen molar-refractivity contribution in [2.75, 3.05) is 32.8 Å². The summed E-state index contributed by atoms with van der Waals surface area (Å²) in [5.74, 6) is 0.460. The number of nitrogens with zero attached hydrogens (tertiary/aromatic N) is 1. The van der Waals surface area contributed by atoms with Gasteiger partial charge in [-0.1, -0.05) is 37.3 Å². The third-order valence-corrected chi connectivity index (χ3v) is 4.87. The molecule has 1 amide bonds. The second kappa shape index (κ2) is 10.7. The number of hydrogen-bond acceptors (Lipinski definition) is 5. The number of morpholine rings is 1. The van der Waals surface area contributed by atoms with Crippen molar-refractivity contribution in [1.29, 1.82) is 0 Å². The molecule has 154 valence electrons. The second-order valence-electron chi connectivity index (χ2n) is 7.11. The Bertz CT molecular complexity index is 792. The molecule has 1 heterocycles. The number of carbonyl (C=O) groups is 2. The van der Waals surface area contributed by atoms with Gasteiger partial charge in [-0.2, -0.15) is 0 Å². The Morgan fingerprint density at radius 3 is 2.62 bits per heavy atom. The number of carbonyl (C=O) groups excluding carboxylic acids is 2. The van der Waals surface area contributed by atoms with Crippen LogP contribution in [0.5, 0.6) is 5.75 Å². The molecule has 29 heavy (non-hydrogen) atoms. The number of rotatable bonds is 9. The minimum atomic E-state index is -0.192. The van der Waals surface area contributed by atoms with E-state index >= 15 is 0 Å². The average Bonchev–Trinajstić information content (AvgIpc) is 2.77. The highest BCUT2D eigenvalue weighted by molar-refractivity contribution is 5.95. The van der Waals surface area contributed by atoms with Crippen LogP contribution in [0.15, 0.2) is 54.6 Å². The Kier molecular flexibility index (Phi) is 7.78. The highest BCUT2D eigenvalue weighted by Crippen LogP contribution is 2.13. The molecular weight excluding hydrogens is 368 g/mol. The van der Waals surface area contributed by atoms with Crippen molar-refractivity contribution in [2.45, 2.75) is 26.0 Å². The lowest BCUT2D eigenvalue weighted by molar-refractivity contribution is -0.124. The SMILES string of the molecule is CCC(=O)c1ccc(OCC(=O)NC[C@@H]2CN(Cc3ccccc3)CCO2)cc1. The van der Waals surface area contributed by atoms with Gasteiger partial charge in [0.15, 0.2) is 12.4 Å². The first-order valence-electron chi connectivity index (χ1n) is 10.0. The Labute approximate surface area is 171 Å². The molecule has 0 aliphatic carbocycles. The van der Waals surface area contributed by atoms with E-state index in [1.807, 2.05) is 25.1 Å². The first kappa shape index (κ1) is 21.0. The Hall–Kier alpha value is -2.70. The van der Waals surface area contributed by atoms with Crippen LogP contribution >= 0.6 is 0 Å². The lowest BCUT2D eigenvalue weighted by atomic mass is 10.1. The van der Waals surface area contributed by atoms with Gasteiger partial charge in [0.2, 0.25) is 0 Å². The van der Waals surface area contributed by atoms with Crippen molar-refractivity contribution in [2.24, 2.45) is 0 Å². The van der Waals surface area contributed by atoms with Crippen molar-refractivity contribution in [3.63, 3.8) is 0 Å². The van der Waals surface area contributed by atoms with Crippen molar-refractivity contribution >= 4 is 11.7 Å². The largest absolute Gasteiger partial charge is 0.484 e. The van der Waals surface area contributed by atoms with Crippen LogP contribution < -0.4 is 10.1 Å². The van der Waals surface area contributed by atoms with Gasteiger partial charge >= 0.3 is 0 Å². The van der Waals surface area contributed by atoms with E-state index in [1.54, 1.807) is 24.3 Å². The minimum absolute atomic E-state index is 0.0317. The summed E-state index contributed by atoms with van der Waals surface area (Å²) in [4.78, 5) is 26.1. The zero-order valence-corrected chi connectivity index (χ0v) is 16.8. The Morgan fingerprint density at radius 1 is 1.14 bits per heavy atom. The van der Waals surface area contributed by atoms with E-state index in [0.29, 0.717) is 30.9 Å². The van der Waals surface area contributed by atoms with Crippen molar-refractivity contribution in [3.05, 3.63) is 65.7 Å². The quantitative estimate of drug-likeness (QED) is 0.660. The van der Waals surface area contributed by atoms with Crippen LogP contribution in [0.4, 0.5) is 0 Å². The van der Waals surface area contributed by atoms with Crippen LogP contribution in [0, 0.1) is 0 Å². The molecule has 2 aromatic rings. The molecule has 0 saturated carbocycles. The summed E-state index contributed by atoms with van der Waals surface area (Å²) in [5.41, 5.74) is 1.93. The van der Waals surface area contributed by atoms with Crippen LogP contribution in [0.1, 0.15) is 29.3 Å². The summed E-state index contributed by atoms with van der Waals surface area (Å²) in [6, 6.07) is 17.2. The van der Waals surface area contributed by atoms with Crippen LogP contribution in [0.25, 0.3) is 0 Å². The zero-order valence-electron chi connectivity index (χ0n) is 16.8. The summed E-state index contributed by atoms with van der Waals surface area (Å²) in [7, 11) is 0. The van der Waals surface area contributed by atoms with Gasteiger partial charge in [-0.3, -0.25) is 14.5 Å². The summed E-state index contributed by atoms with van der Waals surface area (Å²) in [6.45, 7) is 5.43. The third kappa shape index (κ3) is 6.69. The lowest BCUT2D eigenvalue weighted by Crippen LogP contribution is -2.47. The molecule has 0 aromatic heterocycles. The maximum Gasteiger partial charge on any atom is 0.258 e. The molecule has 2 aromatic carbocycles. The van der Waals surface area contributed by atoms with Gasteiger partial charge in [-0.25, -0.2) is 0 Å². The van der Waals surface area contributed by atoms with Crippen molar-refractivity contribution in [1.82, 2.24) is 10.2 Å². The van der Waals surface area contributed by atoms with Crippen LogP contribution in [-0.2, 0) is 16.1 Å². The van der Waals surface area contributed by atoms with Gasteiger partial charge in [-0.15, -0.1) is 0 Å². The minimum Gasteiger partial charge on any atom is -0.484 e. The molecule has 0 radical (unpaired) electrons. The highest BCUT2D eigenvalue weighted by atomic mass is 16.5. The maximum atomic E-state index is 12.1. The van der Waals surface area contributed by atoms with E-state index in [1.165, 1.54) is 5.56 Å². The molecule has 1 aliphatic rings. The van der Waals surface area contributed by atoms with Crippen LogP contribution in [-0.4, -0.2) is 55.5 Å². The lowest BCUT2D eigenvalue weighted by Gasteiger charge is -2.33. The molecule has 6 heteroatoms. The number of Topliss-reactive ketones (excluding diaryl/α,β-unsaturated/α-hetero) is 1. The molecule has 1 fully saturated rings. The first-order valence-corrected chi connectivity index (χ1v) is 10.0. The molecule has 0 bridgehead atoms. The van der Waals surface area contributed by atoms with Crippen molar-refractivity contribution < 1.29 is 19.1 Å². The van der Waals surface area contributed by atoms with E-state index in [2.05, 4.69) is 22.3 Å². The Morgan fingerprint density at radius 2 is 1.90 bits per heavy atom. The molecule has 1 N–H and O–H groups in total. The fourth-order valence-corrected chi connectivity index (χ4v) is 3.26. The number of ether oxygens (including phenoxy) is 2. The zero-order chi connectivity index (χ0) is 20.5. The van der Waals surface area contributed by atoms with E-state index in [0.717, 1.165) is 19.6 Å². The first-order chi connectivity index (χ1) is 14.1. The molecule has 3 rings (SSSR count). The predicted molar refractivity (Wildman–Crippen MR) is 111 cm³/mol. The summed E-state index contributed by atoms with van der Waals surface area (Å²) < 4.78 is 11.3. The van der Waals surface area contributed by atoms with Gasteiger partial charge in [0.05, 0.1) is 12.7 Å². The Balaban J connectivity index is 1.38. The summed E-state index contributed by atoms with van der Waals surface area (Å²) >= 11 is 0. The summed E-state index contributed by atoms with van der Waals surface area (Å²) in [6.07, 6.45) is 0.435. The van der Waals surface area contributed by atoms with Gasteiger partial charge in [-0.05, 0) is 29.8 Å². The molecule has 1 aliphatic heterocycles. The normalized spacial score (nSPS) is 16.9. The van der Waals surface area contributed by atoms with Crippen LogP contribution in [0.3, 0.4) is 0 Å². The monoisotopic (exact) mass is 396 g/mol. The van der Waals surface area contributed by atoms with Gasteiger partial charge in [0.25, 0.3) is 5.91 Å². The summed E-state index contributed by atoms with van der Waals surface area (Å²) in [5, 5.41) is 2.88. The van der Waals surface area contributed by atoms with E-state index in [9.17, 15) is 9.59 Å². The molecule has 0 spiro atoms. The third-order valence-electron chi connectivity index (χ3n) is 4.87. The predicted octanol–water partition coefficient (Wildman–Crippen LogP) is 2.68. The maximum absolute atomic E-state index is 12.1. The fourth-order valence-electron chi connectivity index (χ4n) is 3.26. The fraction of sp³-hybridized carbons (Fsp3) is 0.391. The second-order valence-corrected chi connectivity index (χ2v) is 7.11. The van der Waals surface area contributed by atoms with E-state index < -0.39 is 0 Å². The van der Waals surface area contributed by atoms with Gasteiger partial charge < -0.3 is 14.8 Å². The topological polar surface area (TPSA) is 67.9 Å². The highest BCUT2D eigenvalue weighted by Gasteiger charge is 2.21. The smallest absolute Gasteiger partial charge is 0.258 e.